The Hall–Kier alpha value is -1.32. The standard InChI is InChI=1S/C14H10ClFOS/c1-18-10-7-11(13(16)12(15)8-10)14(17)9-5-3-2-4-6-9/h2-8H,1H3. The van der Waals surface area contributed by atoms with Crippen LogP contribution in [0.15, 0.2) is 47.4 Å². The van der Waals surface area contributed by atoms with Crippen LogP contribution >= 0.6 is 23.4 Å². The van der Waals surface area contributed by atoms with Crippen LogP contribution in [0.3, 0.4) is 0 Å². The van der Waals surface area contributed by atoms with Crippen molar-refractivity contribution >= 4 is 29.1 Å². The molecule has 0 unspecified atom stereocenters. The number of ketones is 1. The maximum atomic E-state index is 13.9. The Morgan fingerprint density at radius 2 is 1.89 bits per heavy atom. The highest BCUT2D eigenvalue weighted by atomic mass is 35.5. The molecule has 0 aliphatic rings. The zero-order valence-electron chi connectivity index (χ0n) is 9.61. The minimum atomic E-state index is -0.664. The molecule has 0 bridgehead atoms. The lowest BCUT2D eigenvalue weighted by atomic mass is 10.0. The predicted molar refractivity (Wildman–Crippen MR) is 73.1 cm³/mol. The molecule has 0 fully saturated rings. The molecule has 4 heteroatoms. The summed E-state index contributed by atoms with van der Waals surface area (Å²) >= 11 is 7.20. The third-order valence-corrected chi connectivity index (χ3v) is 3.50. The topological polar surface area (TPSA) is 17.1 Å². The van der Waals surface area contributed by atoms with Crippen molar-refractivity contribution in [2.45, 2.75) is 4.90 Å². The average Bonchev–Trinajstić information content (AvgIpc) is 2.42. The summed E-state index contributed by atoms with van der Waals surface area (Å²) in [5.74, 6) is -1.02. The molecule has 0 spiro atoms. The van der Waals surface area contributed by atoms with Crippen molar-refractivity contribution in [2.24, 2.45) is 0 Å². The van der Waals surface area contributed by atoms with E-state index in [9.17, 15) is 9.18 Å². The van der Waals surface area contributed by atoms with Crippen LogP contribution in [0.4, 0.5) is 4.39 Å². The molecule has 0 radical (unpaired) electrons. The van der Waals surface area contributed by atoms with Gasteiger partial charge in [0.05, 0.1) is 10.6 Å². The minimum Gasteiger partial charge on any atom is -0.288 e. The quantitative estimate of drug-likeness (QED) is 0.611. The smallest absolute Gasteiger partial charge is 0.196 e. The molecule has 0 aliphatic carbocycles. The minimum absolute atomic E-state index is 0.0121. The SMILES string of the molecule is CSc1cc(Cl)c(F)c(C(=O)c2ccccc2)c1. The maximum Gasteiger partial charge on any atom is 0.196 e. The number of hydrogen-bond donors (Lipinski definition) is 0. The van der Waals surface area contributed by atoms with Crippen molar-refractivity contribution in [1.82, 2.24) is 0 Å². The van der Waals surface area contributed by atoms with E-state index in [1.807, 2.05) is 6.26 Å². The molecule has 2 aromatic carbocycles. The van der Waals surface area contributed by atoms with Crippen LogP contribution in [-0.2, 0) is 0 Å². The fraction of sp³-hybridized carbons (Fsp3) is 0.0714. The van der Waals surface area contributed by atoms with Gasteiger partial charge >= 0.3 is 0 Å². The predicted octanol–water partition coefficient (Wildman–Crippen LogP) is 4.43. The van der Waals surface area contributed by atoms with Crippen molar-refractivity contribution in [1.29, 1.82) is 0 Å². The van der Waals surface area contributed by atoms with E-state index in [0.717, 1.165) is 4.90 Å². The Morgan fingerprint density at radius 3 is 2.50 bits per heavy atom. The molecule has 2 rings (SSSR count). The molecular formula is C14H10ClFOS. The number of benzene rings is 2. The van der Waals surface area contributed by atoms with Gasteiger partial charge in [-0.05, 0) is 18.4 Å². The van der Waals surface area contributed by atoms with E-state index >= 15 is 0 Å². The fourth-order valence-electron chi connectivity index (χ4n) is 1.59. The first kappa shape index (κ1) is 13.1. The van der Waals surface area contributed by atoms with E-state index in [1.165, 1.54) is 23.9 Å². The first-order valence-corrected chi connectivity index (χ1v) is 6.86. The highest BCUT2D eigenvalue weighted by molar-refractivity contribution is 7.98. The second kappa shape index (κ2) is 5.55. The summed E-state index contributed by atoms with van der Waals surface area (Å²) in [6.45, 7) is 0. The molecule has 2 aromatic rings. The second-order valence-electron chi connectivity index (χ2n) is 3.67. The first-order valence-electron chi connectivity index (χ1n) is 5.26. The van der Waals surface area contributed by atoms with E-state index < -0.39 is 5.82 Å². The van der Waals surface area contributed by atoms with E-state index in [0.29, 0.717) is 5.56 Å². The van der Waals surface area contributed by atoms with Gasteiger partial charge in [-0.1, -0.05) is 41.9 Å². The van der Waals surface area contributed by atoms with Crippen molar-refractivity contribution in [3.05, 3.63) is 64.4 Å². The number of rotatable bonds is 3. The molecule has 0 aromatic heterocycles. The molecular weight excluding hydrogens is 271 g/mol. The van der Waals surface area contributed by atoms with Crippen LogP contribution in [-0.4, -0.2) is 12.0 Å². The number of halogens is 2. The zero-order chi connectivity index (χ0) is 13.1. The summed E-state index contributed by atoms with van der Waals surface area (Å²) in [5, 5.41) is -0.0267. The van der Waals surface area contributed by atoms with Gasteiger partial charge in [0.2, 0.25) is 0 Å². The van der Waals surface area contributed by atoms with Crippen LogP contribution < -0.4 is 0 Å². The van der Waals surface area contributed by atoms with Gasteiger partial charge in [-0.2, -0.15) is 0 Å². The van der Waals surface area contributed by atoms with Crippen LogP contribution in [0, 0.1) is 5.82 Å². The van der Waals surface area contributed by atoms with Crippen LogP contribution in [0.25, 0.3) is 0 Å². The maximum absolute atomic E-state index is 13.9. The molecule has 0 aliphatic heterocycles. The molecule has 0 saturated carbocycles. The third-order valence-electron chi connectivity index (χ3n) is 2.52. The summed E-state index contributed by atoms with van der Waals surface area (Å²) in [6.07, 6.45) is 1.85. The Kier molecular flexibility index (Phi) is 4.04. The highest BCUT2D eigenvalue weighted by Gasteiger charge is 2.17. The van der Waals surface area contributed by atoms with Gasteiger partial charge in [0.1, 0.15) is 0 Å². The van der Waals surface area contributed by atoms with E-state index in [-0.39, 0.29) is 16.4 Å². The lowest BCUT2D eigenvalue weighted by molar-refractivity contribution is 0.103. The van der Waals surface area contributed by atoms with Gasteiger partial charge in [0.25, 0.3) is 0 Å². The summed E-state index contributed by atoms with van der Waals surface area (Å²) in [5.41, 5.74) is 0.462. The Bertz CT molecular complexity index is 584. The van der Waals surface area contributed by atoms with E-state index in [1.54, 1.807) is 30.3 Å². The summed E-state index contributed by atoms with van der Waals surface area (Å²) in [4.78, 5) is 12.9. The van der Waals surface area contributed by atoms with Crippen molar-refractivity contribution < 1.29 is 9.18 Å². The molecule has 1 nitrogen and oxygen atoms in total. The number of carbonyl (C=O) groups is 1. The Balaban J connectivity index is 2.51. The van der Waals surface area contributed by atoms with Gasteiger partial charge in [0, 0.05) is 10.5 Å². The molecule has 0 N–H and O–H groups in total. The Morgan fingerprint density at radius 1 is 1.22 bits per heavy atom. The van der Waals surface area contributed by atoms with Gasteiger partial charge in [-0.15, -0.1) is 11.8 Å². The Labute approximate surface area is 114 Å². The first-order chi connectivity index (χ1) is 8.63. The lowest BCUT2D eigenvalue weighted by Crippen LogP contribution is -2.05. The number of carbonyl (C=O) groups excluding carboxylic acids is 1. The third kappa shape index (κ3) is 2.57. The monoisotopic (exact) mass is 280 g/mol. The van der Waals surface area contributed by atoms with E-state index in [2.05, 4.69) is 0 Å². The van der Waals surface area contributed by atoms with Crippen molar-refractivity contribution in [3.63, 3.8) is 0 Å². The van der Waals surface area contributed by atoms with Crippen molar-refractivity contribution in [2.75, 3.05) is 6.26 Å². The summed E-state index contributed by atoms with van der Waals surface area (Å²) < 4.78 is 13.9. The second-order valence-corrected chi connectivity index (χ2v) is 4.95. The van der Waals surface area contributed by atoms with Crippen molar-refractivity contribution in [3.8, 4) is 0 Å². The normalized spacial score (nSPS) is 10.4. The van der Waals surface area contributed by atoms with Gasteiger partial charge < -0.3 is 0 Å². The number of thioether (sulfide) groups is 1. The molecule has 18 heavy (non-hydrogen) atoms. The summed E-state index contributed by atoms with van der Waals surface area (Å²) in [6, 6.07) is 11.6. The highest BCUT2D eigenvalue weighted by Crippen LogP contribution is 2.27. The molecule has 0 saturated heterocycles. The average molecular weight is 281 g/mol. The van der Waals surface area contributed by atoms with E-state index in [4.69, 9.17) is 11.6 Å². The van der Waals surface area contributed by atoms with Crippen LogP contribution in [0.1, 0.15) is 15.9 Å². The zero-order valence-corrected chi connectivity index (χ0v) is 11.2. The summed E-state index contributed by atoms with van der Waals surface area (Å²) in [7, 11) is 0. The van der Waals surface area contributed by atoms with Gasteiger partial charge in [-0.25, -0.2) is 4.39 Å². The van der Waals surface area contributed by atoms with Crippen LogP contribution in [0.2, 0.25) is 5.02 Å². The van der Waals surface area contributed by atoms with Gasteiger partial charge in [0.15, 0.2) is 11.6 Å². The molecule has 0 atom stereocenters. The molecule has 92 valence electrons. The lowest BCUT2D eigenvalue weighted by Gasteiger charge is -2.06. The molecule has 0 amide bonds. The largest absolute Gasteiger partial charge is 0.288 e. The van der Waals surface area contributed by atoms with Crippen LogP contribution in [0.5, 0.6) is 0 Å². The number of hydrogen-bond acceptors (Lipinski definition) is 2. The fourth-order valence-corrected chi connectivity index (χ4v) is 2.35. The van der Waals surface area contributed by atoms with Gasteiger partial charge in [-0.3, -0.25) is 4.79 Å². The molecule has 0 heterocycles.